The Labute approximate surface area is 161 Å². The minimum Gasteiger partial charge on any atom is -0.285 e. The van der Waals surface area contributed by atoms with Gasteiger partial charge in [0.15, 0.2) is 11.4 Å². The topological polar surface area (TPSA) is 100 Å². The van der Waals surface area contributed by atoms with Crippen LogP contribution in [0.2, 0.25) is 0 Å². The van der Waals surface area contributed by atoms with E-state index in [2.05, 4.69) is 79.4 Å². The maximum atomic E-state index is 11.3. The van der Waals surface area contributed by atoms with Gasteiger partial charge in [-0.1, -0.05) is 59.0 Å². The predicted molar refractivity (Wildman–Crippen MR) is 103 cm³/mol. The third-order valence-electron chi connectivity index (χ3n) is 3.96. The number of benzene rings is 2. The van der Waals surface area contributed by atoms with Gasteiger partial charge in [0.05, 0.1) is 12.4 Å². The number of nitrogens with one attached hydrogen (secondary N) is 2. The Morgan fingerprint density at radius 3 is 1.97 bits per heavy atom. The lowest BCUT2D eigenvalue weighted by Crippen LogP contribution is -2.02. The Kier molecular flexibility index (Phi) is 9.58. The van der Waals surface area contributed by atoms with Crippen LogP contribution in [0.5, 0.6) is 0 Å². The summed E-state index contributed by atoms with van der Waals surface area (Å²) in [4.78, 5) is 11.3. The zero-order valence-corrected chi connectivity index (χ0v) is 14.8. The number of hydrogen-bond acceptors (Lipinski definition) is 5. The minimum absolute atomic E-state index is 0. The fourth-order valence-electron chi connectivity index (χ4n) is 2.83. The molecule has 1 aliphatic rings. The molecule has 0 bridgehead atoms. The van der Waals surface area contributed by atoms with Crippen molar-refractivity contribution in [2.45, 2.75) is 6.42 Å². The molecule has 154 valence electrons. The van der Waals surface area contributed by atoms with Crippen LogP contribution in [-0.4, -0.2) is 36.6 Å². The van der Waals surface area contributed by atoms with Crippen molar-refractivity contribution in [3.8, 4) is 0 Å². The van der Waals surface area contributed by atoms with E-state index in [9.17, 15) is 4.79 Å². The number of rotatable bonds is 2. The quantitative estimate of drug-likeness (QED) is 0.391. The second kappa shape index (κ2) is 11.1. The average Bonchev–Trinajstić information content (AvgIpc) is 3.37. The molecule has 0 spiro atoms. The standard InChI is InChI=1S/C13H10.C5H4N6O.4FH/c1-4-10-6-2-8-12-9-3-7-11(5-1)13(10)12;12-5(3-1-6-10-8-3)4-2-7-11-9-4;;;;/h1-8H,9H2;1-2H,(H,6,8,10)(H,7,9,11);4*1H. The van der Waals surface area contributed by atoms with Gasteiger partial charge in [-0.25, -0.2) is 0 Å². The first-order valence-electron chi connectivity index (χ1n) is 7.78. The number of carbonyl (C=O) groups is 1. The Hall–Kier alpha value is -3.89. The first kappa shape index (κ1) is 25.1. The first-order chi connectivity index (χ1) is 12.3. The van der Waals surface area contributed by atoms with Gasteiger partial charge in [0.2, 0.25) is 5.78 Å². The fourth-order valence-corrected chi connectivity index (χ4v) is 2.83. The van der Waals surface area contributed by atoms with Gasteiger partial charge in [0.1, 0.15) is 0 Å². The molecule has 1 aliphatic carbocycles. The number of ketones is 1. The number of aromatic nitrogens is 6. The molecule has 11 heteroatoms. The molecule has 4 aromatic rings. The first-order valence-corrected chi connectivity index (χ1v) is 7.78. The van der Waals surface area contributed by atoms with Crippen molar-refractivity contribution in [1.82, 2.24) is 30.8 Å². The van der Waals surface area contributed by atoms with Crippen molar-refractivity contribution in [3.63, 3.8) is 0 Å². The number of aromatic amines is 2. The summed E-state index contributed by atoms with van der Waals surface area (Å²) in [5.74, 6) is -0.308. The lowest BCUT2D eigenvalue weighted by Gasteiger charge is -2.11. The predicted octanol–water partition coefficient (Wildman–Crippen LogP) is 3.17. The Morgan fingerprint density at radius 2 is 1.41 bits per heavy atom. The van der Waals surface area contributed by atoms with E-state index in [0.717, 1.165) is 6.42 Å². The molecule has 0 saturated heterocycles. The summed E-state index contributed by atoms with van der Waals surface area (Å²) in [5.41, 5.74) is 3.27. The highest BCUT2D eigenvalue weighted by Gasteiger charge is 2.13. The molecule has 2 heterocycles. The van der Waals surface area contributed by atoms with Crippen LogP contribution in [0.1, 0.15) is 27.3 Å². The van der Waals surface area contributed by atoms with E-state index >= 15 is 0 Å². The third-order valence-corrected chi connectivity index (χ3v) is 3.96. The summed E-state index contributed by atoms with van der Waals surface area (Å²) >= 11 is 0. The molecule has 0 unspecified atom stereocenters. The molecule has 5 rings (SSSR count). The maximum Gasteiger partial charge on any atom is 0.236 e. The normalized spacial score (nSPS) is 10.2. The lowest BCUT2D eigenvalue weighted by atomic mass is 9.93. The Balaban J connectivity index is 0.000000477. The summed E-state index contributed by atoms with van der Waals surface area (Å²) in [6, 6.07) is 13.0. The summed E-state index contributed by atoms with van der Waals surface area (Å²) in [7, 11) is 0. The molecule has 2 aromatic heterocycles. The summed E-state index contributed by atoms with van der Waals surface area (Å²) < 4.78 is 0. The van der Waals surface area contributed by atoms with E-state index in [1.54, 1.807) is 0 Å². The van der Waals surface area contributed by atoms with Gasteiger partial charge in [-0.15, -0.1) is 10.2 Å². The fraction of sp³-hybridized carbons (Fsp3) is 0.0556. The van der Waals surface area contributed by atoms with E-state index in [4.69, 9.17) is 0 Å². The van der Waals surface area contributed by atoms with E-state index in [1.165, 1.54) is 34.3 Å². The molecule has 0 fully saturated rings. The molecule has 0 atom stereocenters. The van der Waals surface area contributed by atoms with Gasteiger partial charge in [0, 0.05) is 0 Å². The van der Waals surface area contributed by atoms with Crippen molar-refractivity contribution < 1.29 is 23.6 Å². The minimum atomic E-state index is -0.308. The smallest absolute Gasteiger partial charge is 0.236 e. The van der Waals surface area contributed by atoms with Crippen LogP contribution >= 0.6 is 0 Å². The van der Waals surface area contributed by atoms with Crippen LogP contribution in [0.25, 0.3) is 16.8 Å². The van der Waals surface area contributed by atoms with E-state index in [1.807, 2.05) is 0 Å². The van der Waals surface area contributed by atoms with Crippen molar-refractivity contribution in [2.75, 3.05) is 0 Å². The number of carbonyl (C=O) groups excluding carboxylic acids is 1. The monoisotopic (exact) mass is 410 g/mol. The van der Waals surface area contributed by atoms with Crippen molar-refractivity contribution in [1.29, 1.82) is 0 Å². The highest BCUT2D eigenvalue weighted by molar-refractivity contribution is 6.05. The number of H-pyrrole nitrogens is 2. The Morgan fingerprint density at radius 1 is 0.828 bits per heavy atom. The van der Waals surface area contributed by atoms with Gasteiger partial charge in [-0.05, 0) is 28.3 Å². The second-order valence-electron chi connectivity index (χ2n) is 5.52. The van der Waals surface area contributed by atoms with Gasteiger partial charge in [-0.2, -0.15) is 0 Å². The van der Waals surface area contributed by atoms with Crippen molar-refractivity contribution >= 4 is 22.6 Å². The van der Waals surface area contributed by atoms with E-state index in [0.29, 0.717) is 0 Å². The lowest BCUT2D eigenvalue weighted by molar-refractivity contribution is 0.102. The zero-order chi connectivity index (χ0) is 17.1. The molecular formula is C18H18F4N6O. The maximum absolute atomic E-state index is 11.3. The number of nitrogens with zero attached hydrogens (tertiary/aromatic N) is 4. The molecule has 2 N–H and O–H groups in total. The van der Waals surface area contributed by atoms with E-state index in [-0.39, 0.29) is 36.0 Å². The molecule has 0 amide bonds. The molecule has 0 radical (unpaired) electrons. The van der Waals surface area contributed by atoms with Gasteiger partial charge in [0.25, 0.3) is 0 Å². The highest BCUT2D eigenvalue weighted by Crippen LogP contribution is 2.27. The molecule has 29 heavy (non-hydrogen) atoms. The van der Waals surface area contributed by atoms with Crippen LogP contribution in [0.15, 0.2) is 54.9 Å². The van der Waals surface area contributed by atoms with Crippen molar-refractivity contribution in [2.24, 2.45) is 0 Å². The van der Waals surface area contributed by atoms with Crippen LogP contribution in [0, 0.1) is 0 Å². The summed E-state index contributed by atoms with van der Waals surface area (Å²) in [6.07, 6.45) is 8.33. The summed E-state index contributed by atoms with van der Waals surface area (Å²) in [6.45, 7) is 0. The Bertz CT molecular complexity index is 1010. The van der Waals surface area contributed by atoms with Crippen LogP contribution in [0.3, 0.4) is 0 Å². The van der Waals surface area contributed by atoms with Gasteiger partial charge < -0.3 is 0 Å². The van der Waals surface area contributed by atoms with Crippen molar-refractivity contribution in [3.05, 3.63) is 77.4 Å². The molecule has 2 aromatic carbocycles. The molecule has 0 saturated carbocycles. The van der Waals surface area contributed by atoms with Crippen LogP contribution < -0.4 is 0 Å². The van der Waals surface area contributed by atoms with Gasteiger partial charge in [-0.3, -0.25) is 33.8 Å². The van der Waals surface area contributed by atoms with Crippen LogP contribution in [-0.2, 0) is 6.42 Å². The number of hydrogen-bond donors (Lipinski definition) is 2. The number of allylic oxidation sites excluding steroid dienone is 1. The SMILES string of the molecule is C1=Cc2cccc3cccc(c23)C1.F.F.F.F.O=C(c1c[nH]nn1)c1c[nH]nn1. The zero-order valence-electron chi connectivity index (χ0n) is 14.8. The average molecular weight is 410 g/mol. The molecule has 7 nitrogen and oxygen atoms in total. The highest BCUT2D eigenvalue weighted by atomic mass is 19.0. The number of halogens is 4. The van der Waals surface area contributed by atoms with Gasteiger partial charge >= 0.3 is 0 Å². The van der Waals surface area contributed by atoms with E-state index < -0.39 is 0 Å². The third kappa shape index (κ3) is 5.09. The second-order valence-corrected chi connectivity index (χ2v) is 5.52. The molecule has 0 aliphatic heterocycles. The largest absolute Gasteiger partial charge is 0.285 e. The van der Waals surface area contributed by atoms with Crippen LogP contribution in [0.4, 0.5) is 18.8 Å². The summed E-state index contributed by atoms with van der Waals surface area (Å²) in [5, 5.41) is 21.5. The molecular weight excluding hydrogens is 392 g/mol.